The SMILES string of the molecule is CCCN(CC)CCN1C(=O)C(CC)NC1C(C)C. The molecule has 1 rings (SSSR count). The van der Waals surface area contributed by atoms with E-state index in [-0.39, 0.29) is 18.1 Å². The van der Waals surface area contributed by atoms with E-state index in [1.165, 1.54) is 6.42 Å². The summed E-state index contributed by atoms with van der Waals surface area (Å²) in [6.45, 7) is 14.8. The summed E-state index contributed by atoms with van der Waals surface area (Å²) < 4.78 is 0. The number of rotatable bonds is 8. The zero-order chi connectivity index (χ0) is 14.4. The van der Waals surface area contributed by atoms with E-state index in [4.69, 9.17) is 0 Å². The molecule has 0 aromatic carbocycles. The van der Waals surface area contributed by atoms with Gasteiger partial charge in [0.15, 0.2) is 0 Å². The molecule has 1 heterocycles. The third kappa shape index (κ3) is 4.18. The maximum absolute atomic E-state index is 12.4. The van der Waals surface area contributed by atoms with Crippen molar-refractivity contribution in [2.75, 3.05) is 26.2 Å². The van der Waals surface area contributed by atoms with Crippen molar-refractivity contribution in [3.8, 4) is 0 Å². The molecule has 1 fully saturated rings. The molecule has 1 amide bonds. The average Bonchev–Trinajstić information content (AvgIpc) is 2.71. The minimum absolute atomic E-state index is 0.0219. The van der Waals surface area contributed by atoms with E-state index in [2.05, 4.69) is 49.7 Å². The number of likely N-dealkylation sites (N-methyl/N-ethyl adjacent to an activating group) is 1. The number of amides is 1. The normalized spacial score (nSPS) is 23.9. The zero-order valence-corrected chi connectivity index (χ0v) is 13.3. The van der Waals surface area contributed by atoms with Gasteiger partial charge in [-0.15, -0.1) is 0 Å². The van der Waals surface area contributed by atoms with Crippen molar-refractivity contribution in [2.24, 2.45) is 5.92 Å². The third-order valence-electron chi connectivity index (χ3n) is 3.97. The van der Waals surface area contributed by atoms with Crippen LogP contribution in [0.1, 0.15) is 47.5 Å². The molecule has 2 atom stereocenters. The lowest BCUT2D eigenvalue weighted by Gasteiger charge is -2.30. The number of carbonyl (C=O) groups excluding carboxylic acids is 1. The summed E-state index contributed by atoms with van der Waals surface area (Å²) in [7, 11) is 0. The lowest BCUT2D eigenvalue weighted by Crippen LogP contribution is -2.45. The van der Waals surface area contributed by atoms with Gasteiger partial charge >= 0.3 is 0 Å². The molecular formula is C15H31N3O. The summed E-state index contributed by atoms with van der Waals surface area (Å²) in [6.07, 6.45) is 2.26. The van der Waals surface area contributed by atoms with Gasteiger partial charge in [-0.05, 0) is 31.8 Å². The Kier molecular flexibility index (Phi) is 6.80. The van der Waals surface area contributed by atoms with Crippen molar-refractivity contribution in [2.45, 2.75) is 59.7 Å². The number of carbonyl (C=O) groups is 1. The van der Waals surface area contributed by atoms with Crippen molar-refractivity contribution in [3.05, 3.63) is 0 Å². The fourth-order valence-electron chi connectivity index (χ4n) is 2.79. The molecule has 0 spiro atoms. The highest BCUT2D eigenvalue weighted by molar-refractivity contribution is 5.84. The van der Waals surface area contributed by atoms with Crippen molar-refractivity contribution in [1.29, 1.82) is 0 Å². The van der Waals surface area contributed by atoms with Crippen molar-refractivity contribution in [1.82, 2.24) is 15.1 Å². The first-order valence-electron chi connectivity index (χ1n) is 7.83. The van der Waals surface area contributed by atoms with Gasteiger partial charge in [0, 0.05) is 13.1 Å². The molecule has 2 unspecified atom stereocenters. The van der Waals surface area contributed by atoms with Gasteiger partial charge < -0.3 is 9.80 Å². The van der Waals surface area contributed by atoms with Crippen LogP contribution in [-0.4, -0.2) is 54.1 Å². The lowest BCUT2D eigenvalue weighted by molar-refractivity contribution is -0.130. The maximum atomic E-state index is 12.4. The summed E-state index contributed by atoms with van der Waals surface area (Å²) in [4.78, 5) is 16.8. The van der Waals surface area contributed by atoms with E-state index >= 15 is 0 Å². The lowest BCUT2D eigenvalue weighted by atomic mass is 10.1. The molecule has 0 aromatic heterocycles. The minimum atomic E-state index is 0.0219. The van der Waals surface area contributed by atoms with Crippen molar-refractivity contribution < 1.29 is 4.79 Å². The predicted molar refractivity (Wildman–Crippen MR) is 80.0 cm³/mol. The highest BCUT2D eigenvalue weighted by atomic mass is 16.2. The van der Waals surface area contributed by atoms with Crippen LogP contribution in [-0.2, 0) is 4.79 Å². The largest absolute Gasteiger partial charge is 0.324 e. The van der Waals surface area contributed by atoms with Crippen molar-refractivity contribution >= 4 is 5.91 Å². The van der Waals surface area contributed by atoms with Gasteiger partial charge in [0.05, 0.1) is 12.2 Å². The molecule has 0 bridgehead atoms. The molecule has 19 heavy (non-hydrogen) atoms. The second kappa shape index (κ2) is 7.85. The van der Waals surface area contributed by atoms with E-state index in [9.17, 15) is 4.79 Å². The molecule has 0 saturated carbocycles. The molecule has 1 N–H and O–H groups in total. The maximum Gasteiger partial charge on any atom is 0.241 e. The molecule has 0 aromatic rings. The van der Waals surface area contributed by atoms with Gasteiger partial charge in [0.25, 0.3) is 0 Å². The first-order valence-corrected chi connectivity index (χ1v) is 7.83. The van der Waals surface area contributed by atoms with Crippen LogP contribution in [0.5, 0.6) is 0 Å². The molecular weight excluding hydrogens is 238 g/mol. The molecule has 4 heteroatoms. The Balaban J connectivity index is 2.60. The van der Waals surface area contributed by atoms with Crippen LogP contribution in [0.2, 0.25) is 0 Å². The Bertz CT molecular complexity index is 281. The van der Waals surface area contributed by atoms with Crippen LogP contribution < -0.4 is 5.32 Å². The van der Waals surface area contributed by atoms with E-state index in [0.717, 1.165) is 32.6 Å². The van der Waals surface area contributed by atoms with Crippen molar-refractivity contribution in [3.63, 3.8) is 0 Å². The van der Waals surface area contributed by atoms with Crippen LogP contribution in [0.3, 0.4) is 0 Å². The molecule has 1 aliphatic heterocycles. The number of nitrogens with one attached hydrogen (secondary N) is 1. The van der Waals surface area contributed by atoms with Crippen LogP contribution in [0.25, 0.3) is 0 Å². The summed E-state index contributed by atoms with van der Waals surface area (Å²) in [5.74, 6) is 0.746. The molecule has 112 valence electrons. The number of nitrogens with zero attached hydrogens (tertiary/aromatic N) is 2. The molecule has 0 radical (unpaired) electrons. The Hall–Kier alpha value is -0.610. The van der Waals surface area contributed by atoms with E-state index in [1.54, 1.807) is 0 Å². The number of hydrogen-bond acceptors (Lipinski definition) is 3. The molecule has 0 aliphatic carbocycles. The van der Waals surface area contributed by atoms with Gasteiger partial charge in [-0.1, -0.05) is 34.6 Å². The predicted octanol–water partition coefficient (Wildman–Crippen LogP) is 1.91. The smallest absolute Gasteiger partial charge is 0.241 e. The van der Waals surface area contributed by atoms with Gasteiger partial charge in [0.2, 0.25) is 5.91 Å². The quantitative estimate of drug-likeness (QED) is 0.731. The average molecular weight is 269 g/mol. The van der Waals surface area contributed by atoms with Crippen LogP contribution >= 0.6 is 0 Å². The Labute approximate surface area is 118 Å². The number of hydrogen-bond donors (Lipinski definition) is 1. The zero-order valence-electron chi connectivity index (χ0n) is 13.3. The first-order chi connectivity index (χ1) is 9.04. The summed E-state index contributed by atoms with van der Waals surface area (Å²) in [6, 6.07) is 0.0219. The van der Waals surface area contributed by atoms with E-state index in [1.807, 2.05) is 0 Å². The Morgan fingerprint density at radius 3 is 2.42 bits per heavy atom. The second-order valence-electron chi connectivity index (χ2n) is 5.78. The third-order valence-corrected chi connectivity index (χ3v) is 3.97. The fourth-order valence-corrected chi connectivity index (χ4v) is 2.79. The molecule has 1 saturated heterocycles. The highest BCUT2D eigenvalue weighted by Crippen LogP contribution is 2.19. The first kappa shape index (κ1) is 16.4. The van der Waals surface area contributed by atoms with E-state index < -0.39 is 0 Å². The minimum Gasteiger partial charge on any atom is -0.324 e. The van der Waals surface area contributed by atoms with E-state index in [0.29, 0.717) is 5.92 Å². The Morgan fingerprint density at radius 2 is 1.95 bits per heavy atom. The summed E-state index contributed by atoms with van der Waals surface area (Å²) in [5, 5.41) is 3.47. The fraction of sp³-hybridized carbons (Fsp3) is 0.933. The molecule has 1 aliphatic rings. The Morgan fingerprint density at radius 1 is 1.26 bits per heavy atom. The van der Waals surface area contributed by atoms with Crippen LogP contribution in [0.4, 0.5) is 0 Å². The van der Waals surface area contributed by atoms with Gasteiger partial charge in [0.1, 0.15) is 0 Å². The van der Waals surface area contributed by atoms with Gasteiger partial charge in [-0.3, -0.25) is 10.1 Å². The summed E-state index contributed by atoms with van der Waals surface area (Å²) >= 11 is 0. The monoisotopic (exact) mass is 269 g/mol. The van der Waals surface area contributed by atoms with Crippen LogP contribution in [0.15, 0.2) is 0 Å². The summed E-state index contributed by atoms with van der Waals surface area (Å²) in [5.41, 5.74) is 0. The second-order valence-corrected chi connectivity index (χ2v) is 5.78. The highest BCUT2D eigenvalue weighted by Gasteiger charge is 2.38. The van der Waals surface area contributed by atoms with Gasteiger partial charge in [-0.25, -0.2) is 0 Å². The standard InChI is InChI=1S/C15H31N3O/c1-6-9-17(8-3)10-11-18-14(12(4)5)16-13(7-2)15(18)19/h12-14,16H,6-11H2,1-5H3. The van der Waals surface area contributed by atoms with Gasteiger partial charge in [-0.2, -0.15) is 0 Å². The van der Waals surface area contributed by atoms with Crippen LogP contribution in [0, 0.1) is 5.92 Å². The molecule has 4 nitrogen and oxygen atoms in total. The topological polar surface area (TPSA) is 35.6 Å².